The van der Waals surface area contributed by atoms with Gasteiger partial charge in [-0.2, -0.15) is 0 Å². The smallest absolute Gasteiger partial charge is 0.358 e. The third-order valence-electron chi connectivity index (χ3n) is 5.99. The van der Waals surface area contributed by atoms with Gasteiger partial charge in [0, 0.05) is 24.0 Å². The van der Waals surface area contributed by atoms with E-state index in [0.29, 0.717) is 11.1 Å². The fourth-order valence-electron chi connectivity index (χ4n) is 4.12. The minimum absolute atomic E-state index is 0.0269. The minimum atomic E-state index is -2.80. The Bertz CT molecular complexity index is 1420. The second kappa shape index (κ2) is 9.37. The van der Waals surface area contributed by atoms with Gasteiger partial charge in [0.2, 0.25) is 0 Å². The summed E-state index contributed by atoms with van der Waals surface area (Å²) >= 11 is 5.91. The molecule has 35 heavy (non-hydrogen) atoms. The molecule has 3 aromatic rings. The van der Waals surface area contributed by atoms with Gasteiger partial charge in [-0.1, -0.05) is 17.7 Å². The molecule has 10 heteroatoms. The van der Waals surface area contributed by atoms with E-state index in [0.717, 1.165) is 6.07 Å². The summed E-state index contributed by atoms with van der Waals surface area (Å²) in [5.41, 5.74) is 0.912. The van der Waals surface area contributed by atoms with Crippen LogP contribution in [0.5, 0.6) is 0 Å². The number of alkyl halides is 2. The molecule has 4 rings (SSSR count). The number of anilines is 1. The maximum absolute atomic E-state index is 14.6. The van der Waals surface area contributed by atoms with E-state index in [4.69, 9.17) is 20.8 Å². The van der Waals surface area contributed by atoms with Crippen LogP contribution in [0, 0.1) is 12.7 Å². The van der Waals surface area contributed by atoms with E-state index in [1.165, 1.54) is 38.3 Å². The molecule has 0 bridgehead atoms. The molecule has 0 saturated carbocycles. The van der Waals surface area contributed by atoms with Crippen molar-refractivity contribution in [2.75, 3.05) is 12.4 Å². The first-order chi connectivity index (χ1) is 16.5. The van der Waals surface area contributed by atoms with Gasteiger partial charge < -0.3 is 14.5 Å². The molecular formula is C25H22ClF3N2O4. The first kappa shape index (κ1) is 24.8. The lowest BCUT2D eigenvalue weighted by molar-refractivity contribution is -0.00618. The first-order valence-electron chi connectivity index (χ1n) is 10.9. The second-order valence-corrected chi connectivity index (χ2v) is 8.82. The SMILES string of the molecule is COC(=O)c1nc(Cl)ccc1N[C@H](C)c1cc(F)cc2c(=O)c(C)c(C3=CCC(F)(F)CC3)oc12. The number of carbonyl (C=O) groups is 1. The largest absolute Gasteiger partial charge is 0.464 e. The zero-order valence-electron chi connectivity index (χ0n) is 19.2. The van der Waals surface area contributed by atoms with E-state index >= 15 is 0 Å². The average molecular weight is 507 g/mol. The van der Waals surface area contributed by atoms with Gasteiger partial charge in [-0.15, -0.1) is 0 Å². The van der Waals surface area contributed by atoms with Gasteiger partial charge in [0.15, 0.2) is 11.1 Å². The Morgan fingerprint density at radius 1 is 1.31 bits per heavy atom. The lowest BCUT2D eigenvalue weighted by Crippen LogP contribution is -2.19. The van der Waals surface area contributed by atoms with Crippen LogP contribution < -0.4 is 10.7 Å². The van der Waals surface area contributed by atoms with Crippen LogP contribution in [0.2, 0.25) is 5.15 Å². The topological polar surface area (TPSA) is 81.4 Å². The number of allylic oxidation sites excluding steroid dienone is 2. The second-order valence-electron chi connectivity index (χ2n) is 8.43. The van der Waals surface area contributed by atoms with Gasteiger partial charge in [0.1, 0.15) is 22.3 Å². The van der Waals surface area contributed by atoms with Gasteiger partial charge in [0.25, 0.3) is 5.92 Å². The van der Waals surface area contributed by atoms with Crippen LogP contribution in [-0.2, 0) is 4.74 Å². The highest BCUT2D eigenvalue weighted by Gasteiger charge is 2.32. The van der Waals surface area contributed by atoms with Crippen molar-refractivity contribution >= 4 is 39.8 Å². The number of carbonyl (C=O) groups excluding carboxylic acids is 1. The number of pyridine rings is 1. The molecule has 0 saturated heterocycles. The number of rotatable bonds is 5. The van der Waals surface area contributed by atoms with Crippen molar-refractivity contribution in [3.8, 4) is 0 Å². The Morgan fingerprint density at radius 3 is 2.71 bits per heavy atom. The highest BCUT2D eigenvalue weighted by molar-refractivity contribution is 6.29. The molecule has 1 aliphatic carbocycles. The highest BCUT2D eigenvalue weighted by Crippen LogP contribution is 2.38. The van der Waals surface area contributed by atoms with Crippen molar-refractivity contribution in [3.05, 3.63) is 74.1 Å². The number of hydrogen-bond acceptors (Lipinski definition) is 6. The molecule has 0 amide bonds. The Hall–Kier alpha value is -3.33. The molecule has 1 N–H and O–H groups in total. The Labute approximate surface area is 203 Å². The van der Waals surface area contributed by atoms with Crippen LogP contribution in [0.3, 0.4) is 0 Å². The summed E-state index contributed by atoms with van der Waals surface area (Å²) in [6.45, 7) is 3.21. The summed E-state index contributed by atoms with van der Waals surface area (Å²) in [6, 6.07) is 4.63. The third kappa shape index (κ3) is 4.91. The van der Waals surface area contributed by atoms with E-state index in [2.05, 4.69) is 10.3 Å². The van der Waals surface area contributed by atoms with Crippen LogP contribution in [0.15, 0.2) is 39.6 Å². The predicted octanol–water partition coefficient (Wildman–Crippen LogP) is 6.45. The molecular weight excluding hydrogens is 485 g/mol. The van der Waals surface area contributed by atoms with E-state index in [1.807, 2.05) is 0 Å². The molecule has 1 aromatic carbocycles. The molecule has 2 heterocycles. The van der Waals surface area contributed by atoms with E-state index in [9.17, 15) is 22.8 Å². The van der Waals surface area contributed by atoms with Gasteiger partial charge in [-0.25, -0.2) is 22.9 Å². The van der Waals surface area contributed by atoms with Crippen molar-refractivity contribution in [2.45, 2.75) is 45.1 Å². The Kier molecular flexibility index (Phi) is 6.64. The summed E-state index contributed by atoms with van der Waals surface area (Å²) < 4.78 is 52.7. The summed E-state index contributed by atoms with van der Waals surface area (Å²) in [5.74, 6) is -3.97. The van der Waals surface area contributed by atoms with Crippen molar-refractivity contribution in [3.63, 3.8) is 0 Å². The van der Waals surface area contributed by atoms with Crippen LogP contribution >= 0.6 is 11.6 Å². The first-order valence-corrected chi connectivity index (χ1v) is 11.2. The Balaban J connectivity index is 1.83. The molecule has 2 aromatic heterocycles. The third-order valence-corrected chi connectivity index (χ3v) is 6.20. The maximum atomic E-state index is 14.6. The molecule has 0 unspecified atom stereocenters. The van der Waals surface area contributed by atoms with Gasteiger partial charge in [-0.3, -0.25) is 4.79 Å². The summed E-state index contributed by atoms with van der Waals surface area (Å²) in [5, 5.41) is 3.18. The average Bonchev–Trinajstić information content (AvgIpc) is 2.82. The zero-order chi connectivity index (χ0) is 25.5. The van der Waals surface area contributed by atoms with Crippen LogP contribution in [0.1, 0.15) is 59.6 Å². The van der Waals surface area contributed by atoms with Crippen molar-refractivity contribution in [2.24, 2.45) is 0 Å². The van der Waals surface area contributed by atoms with Gasteiger partial charge in [0.05, 0.1) is 24.2 Å². The minimum Gasteiger partial charge on any atom is -0.464 e. The highest BCUT2D eigenvalue weighted by atomic mass is 35.5. The van der Waals surface area contributed by atoms with E-state index < -0.39 is 35.6 Å². The summed E-state index contributed by atoms with van der Waals surface area (Å²) in [6.07, 6.45) is 0.630. The molecule has 0 aliphatic heterocycles. The number of nitrogens with zero attached hydrogens (tertiary/aromatic N) is 1. The molecule has 1 aliphatic rings. The summed E-state index contributed by atoms with van der Waals surface area (Å²) in [7, 11) is 1.20. The fourth-order valence-corrected chi connectivity index (χ4v) is 4.27. The standard InChI is InChI=1S/C25H22ClF3N2O4/c1-12-21(32)17-11-15(27)10-16(23(17)35-22(12)14-6-8-25(28,29)9-7-14)13(2)30-18-4-5-19(26)31-20(18)24(33)34-3/h4-6,10-11,13,30H,7-9H2,1-3H3/t13-/m1/s1. The number of halogens is 4. The van der Waals surface area contributed by atoms with Crippen LogP contribution in [-0.4, -0.2) is 24.0 Å². The molecule has 184 valence electrons. The lowest BCUT2D eigenvalue weighted by atomic mass is 9.92. The zero-order valence-corrected chi connectivity index (χ0v) is 19.9. The van der Waals surface area contributed by atoms with Crippen molar-refractivity contribution < 1.29 is 27.1 Å². The number of esters is 1. The summed E-state index contributed by atoms with van der Waals surface area (Å²) in [4.78, 5) is 29.3. The quantitative estimate of drug-likeness (QED) is 0.316. The lowest BCUT2D eigenvalue weighted by Gasteiger charge is -2.23. The number of nitrogens with one attached hydrogen (secondary N) is 1. The van der Waals surface area contributed by atoms with Gasteiger partial charge in [-0.05, 0) is 50.1 Å². The normalized spacial score (nSPS) is 16.0. The number of hydrogen-bond donors (Lipinski definition) is 1. The molecule has 1 atom stereocenters. The molecule has 0 spiro atoms. The molecule has 6 nitrogen and oxygen atoms in total. The Morgan fingerprint density at radius 2 is 2.06 bits per heavy atom. The molecule has 0 radical (unpaired) electrons. The van der Waals surface area contributed by atoms with Crippen molar-refractivity contribution in [1.29, 1.82) is 0 Å². The van der Waals surface area contributed by atoms with Crippen LogP contribution in [0.4, 0.5) is 18.9 Å². The number of aromatic nitrogens is 1. The van der Waals surface area contributed by atoms with Crippen molar-refractivity contribution in [1.82, 2.24) is 4.98 Å². The van der Waals surface area contributed by atoms with Gasteiger partial charge >= 0.3 is 5.97 Å². The monoisotopic (exact) mass is 506 g/mol. The molecule has 0 fully saturated rings. The van der Waals surface area contributed by atoms with Crippen LogP contribution in [0.25, 0.3) is 16.5 Å². The number of fused-ring (bicyclic) bond motifs is 1. The maximum Gasteiger partial charge on any atom is 0.358 e. The predicted molar refractivity (Wildman–Crippen MR) is 127 cm³/mol. The number of benzene rings is 1. The number of ether oxygens (including phenoxy) is 1. The van der Waals surface area contributed by atoms with E-state index in [-0.39, 0.29) is 51.7 Å². The number of methoxy groups -OCH3 is 1. The fraction of sp³-hybridized carbons (Fsp3) is 0.320. The van der Waals surface area contributed by atoms with E-state index in [1.54, 1.807) is 6.92 Å².